The molecule has 0 radical (unpaired) electrons. The molecule has 6 heteroatoms. The van der Waals surface area contributed by atoms with Gasteiger partial charge in [-0.15, -0.1) is 0 Å². The molecule has 0 spiro atoms. The van der Waals surface area contributed by atoms with Crippen molar-refractivity contribution in [3.63, 3.8) is 0 Å². The first-order chi connectivity index (χ1) is 12.6. The molecule has 0 bridgehead atoms. The number of nitrogens with one attached hydrogen (secondary N) is 2. The van der Waals surface area contributed by atoms with Crippen molar-refractivity contribution in [3.8, 4) is 5.75 Å². The van der Waals surface area contributed by atoms with Crippen molar-refractivity contribution in [2.45, 2.75) is 19.3 Å². The lowest BCUT2D eigenvalue weighted by Gasteiger charge is -2.31. The quantitative estimate of drug-likeness (QED) is 0.866. The van der Waals surface area contributed by atoms with Crippen molar-refractivity contribution in [1.29, 1.82) is 0 Å². The third kappa shape index (κ3) is 3.79. The van der Waals surface area contributed by atoms with Crippen molar-refractivity contribution >= 4 is 23.3 Å². The molecule has 1 unspecified atom stereocenters. The second-order valence-corrected chi connectivity index (χ2v) is 6.18. The lowest BCUT2D eigenvalue weighted by Crippen LogP contribution is -2.38. The van der Waals surface area contributed by atoms with Crippen molar-refractivity contribution in [2.75, 3.05) is 30.4 Å². The van der Waals surface area contributed by atoms with Crippen molar-refractivity contribution in [2.24, 2.45) is 0 Å². The number of fused-ring (bicyclic) bond motifs is 1. The number of carbonyl (C=O) groups excluding carboxylic acids is 2. The number of carbonyl (C=O) groups is 2. The van der Waals surface area contributed by atoms with Gasteiger partial charge in [0.05, 0.1) is 12.3 Å². The minimum absolute atomic E-state index is 0.0391. The maximum absolute atomic E-state index is 12.3. The predicted octanol–water partition coefficient (Wildman–Crippen LogP) is 3.36. The van der Waals surface area contributed by atoms with Crippen LogP contribution in [0.15, 0.2) is 48.5 Å². The van der Waals surface area contributed by atoms with Gasteiger partial charge in [0.1, 0.15) is 5.75 Å². The Labute approximate surface area is 153 Å². The fourth-order valence-corrected chi connectivity index (χ4v) is 3.15. The molecular formula is C20H23N3O3. The maximum atomic E-state index is 12.3. The standard InChI is InChI=1S/C20H23N3O3/c1-3-26-18-11-7-5-9-16(18)22-20(25)21-13-14-12-19(24)23(2)17-10-6-4-8-15(14)17/h4-11,14H,3,12-13H2,1-2H3,(H2,21,22,25). The Morgan fingerprint density at radius 2 is 1.92 bits per heavy atom. The average Bonchev–Trinajstić information content (AvgIpc) is 2.65. The monoisotopic (exact) mass is 353 g/mol. The molecule has 3 rings (SSSR count). The van der Waals surface area contributed by atoms with E-state index in [2.05, 4.69) is 10.6 Å². The van der Waals surface area contributed by atoms with Crippen LogP contribution in [0, 0.1) is 0 Å². The Bertz CT molecular complexity index is 806. The van der Waals surface area contributed by atoms with E-state index < -0.39 is 0 Å². The topological polar surface area (TPSA) is 70.7 Å². The van der Waals surface area contributed by atoms with Crippen LogP contribution in [-0.2, 0) is 4.79 Å². The molecule has 0 aromatic heterocycles. The highest BCUT2D eigenvalue weighted by Gasteiger charge is 2.29. The summed E-state index contributed by atoms with van der Waals surface area (Å²) in [4.78, 5) is 26.2. The number of hydrogen-bond donors (Lipinski definition) is 2. The number of anilines is 2. The summed E-state index contributed by atoms with van der Waals surface area (Å²) in [7, 11) is 1.78. The zero-order valence-electron chi connectivity index (χ0n) is 15.0. The molecule has 0 saturated carbocycles. The van der Waals surface area contributed by atoms with Crippen molar-refractivity contribution in [1.82, 2.24) is 5.32 Å². The van der Waals surface area contributed by atoms with E-state index in [0.29, 0.717) is 31.0 Å². The van der Waals surface area contributed by atoms with Gasteiger partial charge in [0.25, 0.3) is 0 Å². The van der Waals surface area contributed by atoms with Crippen molar-refractivity contribution in [3.05, 3.63) is 54.1 Å². The van der Waals surface area contributed by atoms with Gasteiger partial charge in [0.2, 0.25) is 5.91 Å². The van der Waals surface area contributed by atoms with Crippen LogP contribution < -0.4 is 20.3 Å². The fourth-order valence-electron chi connectivity index (χ4n) is 3.15. The molecule has 1 atom stereocenters. The normalized spacial score (nSPS) is 16.0. The second kappa shape index (κ2) is 7.91. The Kier molecular flexibility index (Phi) is 5.41. The minimum Gasteiger partial charge on any atom is -0.492 e. The summed E-state index contributed by atoms with van der Waals surface area (Å²) in [6.07, 6.45) is 0.378. The second-order valence-electron chi connectivity index (χ2n) is 6.18. The van der Waals surface area contributed by atoms with Gasteiger partial charge in [-0.1, -0.05) is 30.3 Å². The van der Waals surface area contributed by atoms with E-state index in [9.17, 15) is 9.59 Å². The summed E-state index contributed by atoms with van der Waals surface area (Å²) in [5, 5.41) is 5.68. The summed E-state index contributed by atoms with van der Waals surface area (Å²) < 4.78 is 5.51. The van der Waals surface area contributed by atoms with E-state index in [0.717, 1.165) is 11.3 Å². The van der Waals surface area contributed by atoms with E-state index >= 15 is 0 Å². The first-order valence-electron chi connectivity index (χ1n) is 8.72. The summed E-state index contributed by atoms with van der Waals surface area (Å²) in [5.41, 5.74) is 2.59. The van der Waals surface area contributed by atoms with Crippen LogP contribution in [0.5, 0.6) is 5.75 Å². The van der Waals surface area contributed by atoms with Crippen LogP contribution in [-0.4, -0.2) is 32.1 Å². The van der Waals surface area contributed by atoms with Gasteiger partial charge in [-0.25, -0.2) is 4.79 Å². The summed E-state index contributed by atoms with van der Waals surface area (Å²) >= 11 is 0. The number of urea groups is 1. The minimum atomic E-state index is -0.319. The molecule has 136 valence electrons. The predicted molar refractivity (Wildman–Crippen MR) is 102 cm³/mol. The summed E-state index contributed by atoms with van der Waals surface area (Å²) in [6, 6.07) is 14.8. The van der Waals surface area contributed by atoms with Crippen LogP contribution in [0.25, 0.3) is 0 Å². The van der Waals surface area contributed by atoms with E-state index in [1.54, 1.807) is 18.0 Å². The molecule has 0 fully saturated rings. The molecule has 2 aromatic rings. The summed E-state index contributed by atoms with van der Waals surface area (Å²) in [6.45, 7) is 2.80. The molecule has 3 amide bonds. The number of ether oxygens (including phenoxy) is 1. The number of rotatable bonds is 5. The molecule has 1 aliphatic heterocycles. The van der Waals surface area contributed by atoms with Crippen LogP contribution in [0.3, 0.4) is 0 Å². The van der Waals surface area contributed by atoms with Crippen LogP contribution >= 0.6 is 0 Å². The zero-order valence-corrected chi connectivity index (χ0v) is 15.0. The van der Waals surface area contributed by atoms with Crippen LogP contribution in [0.4, 0.5) is 16.2 Å². The molecule has 6 nitrogen and oxygen atoms in total. The Morgan fingerprint density at radius 1 is 1.19 bits per heavy atom. The zero-order chi connectivity index (χ0) is 18.5. The van der Waals surface area contributed by atoms with E-state index in [1.807, 2.05) is 49.4 Å². The Morgan fingerprint density at radius 3 is 2.73 bits per heavy atom. The molecular weight excluding hydrogens is 330 g/mol. The first-order valence-corrected chi connectivity index (χ1v) is 8.72. The van der Waals surface area contributed by atoms with E-state index in [1.165, 1.54) is 0 Å². The largest absolute Gasteiger partial charge is 0.492 e. The van der Waals surface area contributed by atoms with Gasteiger partial charge >= 0.3 is 6.03 Å². The Hall–Kier alpha value is -3.02. The third-order valence-corrected chi connectivity index (χ3v) is 4.48. The van der Waals surface area contributed by atoms with Gasteiger partial charge in [-0.3, -0.25) is 4.79 Å². The molecule has 1 aliphatic rings. The van der Waals surface area contributed by atoms with Crippen LogP contribution in [0.1, 0.15) is 24.8 Å². The molecule has 2 aromatic carbocycles. The lowest BCUT2D eigenvalue weighted by molar-refractivity contribution is -0.119. The van der Waals surface area contributed by atoms with Crippen molar-refractivity contribution < 1.29 is 14.3 Å². The number of benzene rings is 2. The molecule has 0 saturated heterocycles. The summed E-state index contributed by atoms with van der Waals surface area (Å²) in [5.74, 6) is 0.644. The average molecular weight is 353 g/mol. The van der Waals surface area contributed by atoms with Gasteiger partial charge in [-0.2, -0.15) is 0 Å². The number of hydrogen-bond acceptors (Lipinski definition) is 3. The highest BCUT2D eigenvalue weighted by molar-refractivity contribution is 5.97. The third-order valence-electron chi connectivity index (χ3n) is 4.48. The molecule has 26 heavy (non-hydrogen) atoms. The Balaban J connectivity index is 1.65. The molecule has 2 N–H and O–H groups in total. The molecule has 0 aliphatic carbocycles. The number of nitrogens with zero attached hydrogens (tertiary/aromatic N) is 1. The van der Waals surface area contributed by atoms with Crippen LogP contribution in [0.2, 0.25) is 0 Å². The molecule has 1 heterocycles. The fraction of sp³-hybridized carbons (Fsp3) is 0.300. The number of amides is 3. The highest BCUT2D eigenvalue weighted by Crippen LogP contribution is 2.34. The van der Waals surface area contributed by atoms with Gasteiger partial charge in [0.15, 0.2) is 0 Å². The van der Waals surface area contributed by atoms with E-state index in [-0.39, 0.29) is 17.9 Å². The van der Waals surface area contributed by atoms with Gasteiger partial charge in [0, 0.05) is 31.6 Å². The van der Waals surface area contributed by atoms with Gasteiger partial charge < -0.3 is 20.3 Å². The highest BCUT2D eigenvalue weighted by atomic mass is 16.5. The van der Waals surface area contributed by atoms with E-state index in [4.69, 9.17) is 4.74 Å². The SMILES string of the molecule is CCOc1ccccc1NC(=O)NCC1CC(=O)N(C)c2ccccc21. The first kappa shape index (κ1) is 17.8. The van der Waals surface area contributed by atoms with Gasteiger partial charge in [-0.05, 0) is 30.7 Å². The number of para-hydroxylation sites is 3. The lowest BCUT2D eigenvalue weighted by atomic mass is 9.89. The maximum Gasteiger partial charge on any atom is 0.319 e. The smallest absolute Gasteiger partial charge is 0.319 e.